The van der Waals surface area contributed by atoms with Crippen molar-refractivity contribution >= 4 is 29.7 Å². The van der Waals surface area contributed by atoms with Crippen LogP contribution in [-0.4, -0.2) is 53.6 Å². The van der Waals surface area contributed by atoms with Gasteiger partial charge in [0, 0.05) is 6.07 Å². The number of methoxy groups -OCH3 is 1. The molecule has 0 saturated carbocycles. The van der Waals surface area contributed by atoms with Crippen molar-refractivity contribution in [1.82, 2.24) is 5.32 Å². The van der Waals surface area contributed by atoms with Crippen LogP contribution in [0.3, 0.4) is 0 Å². The van der Waals surface area contributed by atoms with Crippen LogP contribution in [-0.2, 0) is 14.4 Å². The summed E-state index contributed by atoms with van der Waals surface area (Å²) in [6.45, 7) is -0.553. The third-order valence-electron chi connectivity index (χ3n) is 4.41. The van der Waals surface area contributed by atoms with Gasteiger partial charge in [0.1, 0.15) is 23.3 Å². The van der Waals surface area contributed by atoms with Crippen molar-refractivity contribution in [3.05, 3.63) is 59.4 Å². The number of ketones is 1. The fourth-order valence-electron chi connectivity index (χ4n) is 2.90. The van der Waals surface area contributed by atoms with Gasteiger partial charge >= 0.3 is 11.9 Å². The Kier molecular flexibility index (Phi) is 6.74. The molecule has 0 radical (unpaired) electrons. The van der Waals surface area contributed by atoms with E-state index in [-0.39, 0.29) is 23.0 Å². The molecule has 0 saturated heterocycles. The maximum atomic E-state index is 12.6. The number of nitrogens with one attached hydrogen (secondary N) is 1. The van der Waals surface area contributed by atoms with E-state index in [9.17, 15) is 19.2 Å². The number of hydrogen-bond donors (Lipinski definition) is 3. The number of ether oxygens (including phenoxy) is 3. The number of benzene rings is 2. The van der Waals surface area contributed by atoms with Crippen molar-refractivity contribution in [2.45, 2.75) is 12.5 Å². The topological polar surface area (TPSA) is 148 Å². The first-order valence-electron chi connectivity index (χ1n) is 9.36. The van der Waals surface area contributed by atoms with Crippen LogP contribution in [0.5, 0.6) is 17.2 Å². The Balaban J connectivity index is 1.65. The Morgan fingerprint density at radius 2 is 1.91 bits per heavy atom. The fourth-order valence-corrected chi connectivity index (χ4v) is 2.90. The quantitative estimate of drug-likeness (QED) is 0.495. The molecule has 1 atom stereocenters. The maximum Gasteiger partial charge on any atom is 0.326 e. The average molecular weight is 441 g/mol. The maximum absolute atomic E-state index is 12.6. The normalized spacial score (nSPS) is 14.3. The minimum atomic E-state index is -1.58. The van der Waals surface area contributed by atoms with Crippen LogP contribution >= 0.6 is 0 Å². The molecule has 3 N–H and O–H groups in total. The zero-order valence-corrected chi connectivity index (χ0v) is 16.9. The first kappa shape index (κ1) is 22.3. The molecular weight excluding hydrogens is 422 g/mol. The van der Waals surface area contributed by atoms with Crippen LogP contribution in [0.25, 0.3) is 6.08 Å². The highest BCUT2D eigenvalue weighted by molar-refractivity contribution is 6.14. The lowest BCUT2D eigenvalue weighted by molar-refractivity contribution is -0.147. The standard InChI is InChI=1S/C22H19NO9/c1-30-13-4-2-3-12(7-13)8-18-21(27)15-6-5-14(9-17(15)32-18)31-11-19(24)23-16(22(28)29)10-20(25)26/h2-9,16H,10-11H2,1H3,(H,23,24)(H,25,26)(H,28,29)/b18-8-/t16-/m0/s1. The van der Waals surface area contributed by atoms with E-state index < -0.39 is 36.9 Å². The van der Waals surface area contributed by atoms with Gasteiger partial charge in [0.2, 0.25) is 5.78 Å². The number of Topliss-reactive ketones (excluding diaryl/α,β-unsaturated/α-hetero) is 1. The highest BCUT2D eigenvalue weighted by Crippen LogP contribution is 2.35. The molecule has 0 aromatic heterocycles. The van der Waals surface area contributed by atoms with Crippen LogP contribution in [0, 0.1) is 0 Å². The summed E-state index contributed by atoms with van der Waals surface area (Å²) in [7, 11) is 1.54. The Hall–Kier alpha value is -4.34. The molecule has 10 heteroatoms. The summed E-state index contributed by atoms with van der Waals surface area (Å²) in [5, 5.41) is 19.7. The SMILES string of the molecule is COc1cccc(/C=C2\Oc3cc(OCC(=O)N[C@@H](CC(=O)O)C(=O)O)ccc3C2=O)c1. The van der Waals surface area contributed by atoms with Gasteiger partial charge in [-0.05, 0) is 35.9 Å². The monoisotopic (exact) mass is 441 g/mol. The van der Waals surface area contributed by atoms with Gasteiger partial charge in [-0.15, -0.1) is 0 Å². The number of carboxylic acid groups (broad SMARTS) is 2. The number of allylic oxidation sites excluding steroid dienone is 1. The molecule has 0 fully saturated rings. The molecule has 1 amide bonds. The summed E-state index contributed by atoms with van der Waals surface area (Å²) in [6, 6.07) is 9.89. The molecule has 1 heterocycles. The number of carbonyl (C=O) groups is 4. The van der Waals surface area contributed by atoms with E-state index in [0.717, 1.165) is 0 Å². The Labute approximate surface area is 182 Å². The fraction of sp³-hybridized carbons (Fsp3) is 0.182. The van der Waals surface area contributed by atoms with Gasteiger partial charge in [-0.25, -0.2) is 4.79 Å². The Morgan fingerprint density at radius 3 is 2.59 bits per heavy atom. The predicted molar refractivity (Wildman–Crippen MR) is 110 cm³/mol. The predicted octanol–water partition coefficient (Wildman–Crippen LogP) is 1.73. The van der Waals surface area contributed by atoms with Gasteiger partial charge in [0.15, 0.2) is 12.4 Å². The van der Waals surface area contributed by atoms with Gasteiger partial charge in [-0.2, -0.15) is 0 Å². The van der Waals surface area contributed by atoms with Gasteiger partial charge in [-0.1, -0.05) is 12.1 Å². The summed E-state index contributed by atoms with van der Waals surface area (Å²) < 4.78 is 16.1. The highest BCUT2D eigenvalue weighted by atomic mass is 16.5. The second kappa shape index (κ2) is 9.65. The van der Waals surface area contributed by atoms with E-state index in [2.05, 4.69) is 5.32 Å². The molecule has 32 heavy (non-hydrogen) atoms. The molecule has 2 aromatic rings. The molecular formula is C22H19NO9. The molecule has 166 valence electrons. The molecule has 1 aliphatic rings. The molecule has 3 rings (SSSR count). The summed E-state index contributed by atoms with van der Waals surface area (Å²) in [5.41, 5.74) is 1.03. The number of carbonyl (C=O) groups excluding carboxylic acids is 2. The zero-order chi connectivity index (χ0) is 23.3. The molecule has 2 aromatic carbocycles. The lowest BCUT2D eigenvalue weighted by atomic mass is 10.1. The van der Waals surface area contributed by atoms with Gasteiger partial charge < -0.3 is 29.7 Å². The average Bonchev–Trinajstić information content (AvgIpc) is 3.06. The minimum absolute atomic E-state index is 0.112. The molecule has 0 unspecified atom stereocenters. The molecule has 10 nitrogen and oxygen atoms in total. The van der Waals surface area contributed by atoms with Crippen molar-refractivity contribution in [3.63, 3.8) is 0 Å². The van der Waals surface area contributed by atoms with Crippen LogP contribution in [0.4, 0.5) is 0 Å². The van der Waals surface area contributed by atoms with Crippen molar-refractivity contribution in [3.8, 4) is 17.2 Å². The number of fused-ring (bicyclic) bond motifs is 1. The number of carboxylic acids is 2. The first-order valence-corrected chi connectivity index (χ1v) is 9.36. The Morgan fingerprint density at radius 1 is 1.12 bits per heavy atom. The van der Waals surface area contributed by atoms with Crippen LogP contribution < -0.4 is 19.5 Å². The number of rotatable bonds is 9. The third kappa shape index (κ3) is 5.42. The van der Waals surface area contributed by atoms with Crippen LogP contribution in [0.2, 0.25) is 0 Å². The number of hydrogen-bond acceptors (Lipinski definition) is 7. The van der Waals surface area contributed by atoms with Crippen molar-refractivity contribution in [2.24, 2.45) is 0 Å². The van der Waals surface area contributed by atoms with Gasteiger partial charge in [-0.3, -0.25) is 14.4 Å². The van der Waals surface area contributed by atoms with Gasteiger partial charge in [0.25, 0.3) is 5.91 Å². The van der Waals surface area contributed by atoms with E-state index in [0.29, 0.717) is 16.9 Å². The van der Waals surface area contributed by atoms with E-state index in [1.54, 1.807) is 30.3 Å². The summed E-state index contributed by atoms with van der Waals surface area (Å²) in [6.07, 6.45) is 0.811. The molecule has 0 aliphatic carbocycles. The Bertz CT molecular complexity index is 1110. The lowest BCUT2D eigenvalue weighted by Crippen LogP contribution is -2.44. The van der Waals surface area contributed by atoms with Crippen molar-refractivity contribution < 1.29 is 43.6 Å². The van der Waals surface area contributed by atoms with Crippen LogP contribution in [0.15, 0.2) is 48.2 Å². The number of aliphatic carboxylic acids is 2. The molecule has 1 aliphatic heterocycles. The molecule has 0 spiro atoms. The van der Waals surface area contributed by atoms with E-state index in [1.807, 2.05) is 0 Å². The van der Waals surface area contributed by atoms with Crippen molar-refractivity contribution in [2.75, 3.05) is 13.7 Å². The third-order valence-corrected chi connectivity index (χ3v) is 4.41. The van der Waals surface area contributed by atoms with E-state index in [1.165, 1.54) is 25.3 Å². The van der Waals surface area contributed by atoms with Crippen LogP contribution in [0.1, 0.15) is 22.3 Å². The number of amides is 1. The smallest absolute Gasteiger partial charge is 0.326 e. The minimum Gasteiger partial charge on any atom is -0.497 e. The summed E-state index contributed by atoms with van der Waals surface area (Å²) >= 11 is 0. The molecule has 0 bridgehead atoms. The lowest BCUT2D eigenvalue weighted by Gasteiger charge is -2.13. The van der Waals surface area contributed by atoms with Crippen molar-refractivity contribution in [1.29, 1.82) is 0 Å². The second-order valence-corrected chi connectivity index (χ2v) is 6.72. The summed E-state index contributed by atoms with van der Waals surface area (Å²) in [5.74, 6) is -2.76. The first-order chi connectivity index (χ1) is 15.3. The summed E-state index contributed by atoms with van der Waals surface area (Å²) in [4.78, 5) is 46.2. The zero-order valence-electron chi connectivity index (χ0n) is 16.9. The second-order valence-electron chi connectivity index (χ2n) is 6.72. The van der Waals surface area contributed by atoms with E-state index in [4.69, 9.17) is 24.4 Å². The van der Waals surface area contributed by atoms with E-state index >= 15 is 0 Å². The van der Waals surface area contributed by atoms with Gasteiger partial charge in [0.05, 0.1) is 19.1 Å². The largest absolute Gasteiger partial charge is 0.497 e. The highest BCUT2D eigenvalue weighted by Gasteiger charge is 2.28.